The second kappa shape index (κ2) is 7.60. The molecule has 2 aromatic carbocycles. The van der Waals surface area contributed by atoms with Gasteiger partial charge in [0.05, 0.1) is 46.2 Å². The van der Waals surface area contributed by atoms with E-state index in [2.05, 4.69) is 9.97 Å². The molecule has 1 unspecified atom stereocenters. The van der Waals surface area contributed by atoms with Crippen LogP contribution in [0, 0.1) is 5.82 Å². The third-order valence-corrected chi connectivity index (χ3v) is 5.71. The summed E-state index contributed by atoms with van der Waals surface area (Å²) in [6.07, 6.45) is -1.81. The highest BCUT2D eigenvalue weighted by Crippen LogP contribution is 2.42. The highest BCUT2D eigenvalue weighted by molar-refractivity contribution is 6.39. The molecule has 0 fully saturated rings. The van der Waals surface area contributed by atoms with Crippen molar-refractivity contribution in [3.8, 4) is 5.75 Å². The molecule has 2 aromatic heterocycles. The average Bonchev–Trinajstić information content (AvgIpc) is 3.40. The van der Waals surface area contributed by atoms with Gasteiger partial charge in [-0.15, -0.1) is 0 Å². The summed E-state index contributed by atoms with van der Waals surface area (Å²) < 4.78 is 61.1. The van der Waals surface area contributed by atoms with Crippen LogP contribution in [0.3, 0.4) is 0 Å². The van der Waals surface area contributed by atoms with Gasteiger partial charge in [0.2, 0.25) is 0 Å². The Bertz CT molecular complexity index is 1500. The lowest BCUT2D eigenvalue weighted by Crippen LogP contribution is -2.55. The molecular formula is C21H13B2F4N5O3. The summed E-state index contributed by atoms with van der Waals surface area (Å²) in [7, 11) is 11.3. The van der Waals surface area contributed by atoms with E-state index in [0.717, 1.165) is 30.3 Å². The lowest BCUT2D eigenvalue weighted by atomic mass is 9.70. The Morgan fingerprint density at radius 2 is 1.97 bits per heavy atom. The number of amides is 1. The van der Waals surface area contributed by atoms with Crippen LogP contribution in [0.25, 0.3) is 16.6 Å². The number of carbonyl (C=O) groups excluding carboxylic acids is 1. The second-order valence-electron chi connectivity index (χ2n) is 8.00. The van der Waals surface area contributed by atoms with E-state index in [1.54, 1.807) is 0 Å². The minimum absolute atomic E-state index is 0.0892. The van der Waals surface area contributed by atoms with E-state index in [1.165, 1.54) is 16.9 Å². The quantitative estimate of drug-likeness (QED) is 0.264. The van der Waals surface area contributed by atoms with Gasteiger partial charge in [0.25, 0.3) is 5.91 Å². The van der Waals surface area contributed by atoms with Crippen molar-refractivity contribution in [1.29, 1.82) is 0 Å². The average molecular weight is 481 g/mol. The largest absolute Gasteiger partial charge is 0.491 e. The fourth-order valence-electron chi connectivity index (χ4n) is 4.13. The van der Waals surface area contributed by atoms with Crippen LogP contribution in [0.15, 0.2) is 42.9 Å². The molecule has 1 amide bonds. The second-order valence-corrected chi connectivity index (χ2v) is 8.00. The molecule has 35 heavy (non-hydrogen) atoms. The molecule has 0 aliphatic carbocycles. The summed E-state index contributed by atoms with van der Waals surface area (Å²) in [6, 6.07) is 3.55. The highest BCUT2D eigenvalue weighted by atomic mass is 19.4. The molecule has 0 saturated heterocycles. The van der Waals surface area contributed by atoms with Gasteiger partial charge >= 0.3 is 6.18 Å². The minimum Gasteiger partial charge on any atom is -0.491 e. The monoisotopic (exact) mass is 481 g/mol. The molecule has 3 N–H and O–H groups in total. The van der Waals surface area contributed by atoms with Crippen molar-refractivity contribution in [3.63, 3.8) is 0 Å². The number of halogens is 4. The first-order chi connectivity index (χ1) is 16.4. The van der Waals surface area contributed by atoms with E-state index in [4.69, 9.17) is 26.2 Å². The summed E-state index contributed by atoms with van der Waals surface area (Å²) in [4.78, 5) is 22.1. The first-order valence-electron chi connectivity index (χ1n) is 10.0. The maximum atomic E-state index is 15.1. The topological polar surface area (TPSA) is 106 Å². The number of rotatable bonds is 3. The van der Waals surface area contributed by atoms with Crippen molar-refractivity contribution in [3.05, 3.63) is 65.4 Å². The Morgan fingerprint density at radius 3 is 2.66 bits per heavy atom. The molecule has 4 radical (unpaired) electrons. The number of benzene rings is 2. The number of nitrogens with zero attached hydrogens (tertiary/aromatic N) is 4. The number of fused-ring (bicyclic) bond motifs is 4. The van der Waals surface area contributed by atoms with Crippen LogP contribution in [0.2, 0.25) is 0 Å². The number of imidazole rings is 1. The molecule has 14 heteroatoms. The van der Waals surface area contributed by atoms with Gasteiger partial charge in [-0.1, -0.05) is 6.07 Å². The summed E-state index contributed by atoms with van der Waals surface area (Å²) in [5.41, 5.74) is 2.45. The molecule has 4 aromatic rings. The van der Waals surface area contributed by atoms with E-state index in [-0.39, 0.29) is 34.8 Å². The Hall–Kier alpha value is -3.80. The molecular weight excluding hydrogens is 468 g/mol. The number of ether oxygens (including phenoxy) is 1. The van der Waals surface area contributed by atoms with Crippen LogP contribution in [0.4, 0.5) is 23.4 Å². The Balaban J connectivity index is 1.62. The standard InChI is InChI=1S/C21H13B2F4N5O3/c22-21(23,34)32(16-7-35-17-3-9(20(25,26)27)1-2-10(16)17)19(33)11-4-14-13(5-12(11)24)30-18(28)15-6-29-8-31(14)15/h1-6,8,16,34H,7H2,(H2,28,30). The van der Waals surface area contributed by atoms with Crippen molar-refractivity contribution in [2.45, 2.75) is 17.7 Å². The van der Waals surface area contributed by atoms with Gasteiger partial charge in [0, 0.05) is 11.6 Å². The van der Waals surface area contributed by atoms with Gasteiger partial charge < -0.3 is 20.5 Å². The van der Waals surface area contributed by atoms with Crippen LogP contribution in [-0.4, -0.2) is 58.1 Å². The SMILES string of the molecule is [B]C([B])(O)N(C(=O)c1cc2c(cc1F)nc(N)c1cncn12)C1COc2cc(C(F)(F)F)ccc21. The lowest BCUT2D eigenvalue weighted by Gasteiger charge is -2.39. The molecule has 174 valence electrons. The van der Waals surface area contributed by atoms with E-state index < -0.39 is 40.6 Å². The summed E-state index contributed by atoms with van der Waals surface area (Å²) in [6.45, 7) is -0.377. The Morgan fingerprint density at radius 1 is 1.23 bits per heavy atom. The maximum absolute atomic E-state index is 15.1. The zero-order chi connectivity index (χ0) is 25.3. The number of aliphatic hydroxyl groups is 1. The summed E-state index contributed by atoms with van der Waals surface area (Å²) in [5, 5.41) is 10.4. The molecule has 5 rings (SSSR count). The molecule has 3 heterocycles. The number of carbonyl (C=O) groups is 1. The van der Waals surface area contributed by atoms with Crippen LogP contribution in [0.5, 0.6) is 5.75 Å². The zero-order valence-electron chi connectivity index (χ0n) is 17.6. The number of aromatic nitrogens is 3. The predicted molar refractivity (Wildman–Crippen MR) is 117 cm³/mol. The molecule has 1 atom stereocenters. The number of anilines is 1. The molecule has 1 aliphatic rings. The third-order valence-electron chi connectivity index (χ3n) is 5.71. The van der Waals surface area contributed by atoms with Gasteiger partial charge in [0.1, 0.15) is 45.2 Å². The van der Waals surface area contributed by atoms with Crippen LogP contribution in [-0.2, 0) is 6.18 Å². The number of nitrogen functional groups attached to an aromatic ring is 1. The van der Waals surface area contributed by atoms with Gasteiger partial charge in [-0.25, -0.2) is 14.4 Å². The van der Waals surface area contributed by atoms with Gasteiger partial charge in [0.15, 0.2) is 0 Å². The fourth-order valence-corrected chi connectivity index (χ4v) is 4.13. The maximum Gasteiger partial charge on any atom is 0.416 e. The molecule has 0 bridgehead atoms. The van der Waals surface area contributed by atoms with Crippen molar-refractivity contribution in [2.24, 2.45) is 0 Å². The summed E-state index contributed by atoms with van der Waals surface area (Å²) >= 11 is 0. The first-order valence-corrected chi connectivity index (χ1v) is 10.0. The third kappa shape index (κ3) is 3.73. The van der Waals surface area contributed by atoms with Crippen molar-refractivity contribution in [2.75, 3.05) is 12.3 Å². The number of hydrogen-bond donors (Lipinski definition) is 2. The van der Waals surface area contributed by atoms with E-state index >= 15 is 4.39 Å². The van der Waals surface area contributed by atoms with E-state index in [9.17, 15) is 23.1 Å². The van der Waals surface area contributed by atoms with Crippen LogP contribution < -0.4 is 10.5 Å². The van der Waals surface area contributed by atoms with Crippen LogP contribution >= 0.6 is 0 Å². The smallest absolute Gasteiger partial charge is 0.416 e. The lowest BCUT2D eigenvalue weighted by molar-refractivity contribution is -0.137. The van der Waals surface area contributed by atoms with Crippen molar-refractivity contribution < 1.29 is 32.2 Å². The van der Waals surface area contributed by atoms with Crippen LogP contribution in [0.1, 0.15) is 27.5 Å². The van der Waals surface area contributed by atoms with Crippen molar-refractivity contribution in [1.82, 2.24) is 19.3 Å². The van der Waals surface area contributed by atoms with Gasteiger partial charge in [-0.3, -0.25) is 9.20 Å². The molecule has 1 aliphatic heterocycles. The van der Waals surface area contributed by atoms with E-state index in [1.807, 2.05) is 0 Å². The van der Waals surface area contributed by atoms with Crippen molar-refractivity contribution >= 4 is 44.0 Å². The van der Waals surface area contributed by atoms with E-state index in [0.29, 0.717) is 10.4 Å². The number of alkyl halides is 3. The Kier molecular flexibility index (Phi) is 4.99. The van der Waals surface area contributed by atoms with Gasteiger partial charge in [-0.2, -0.15) is 13.2 Å². The predicted octanol–water partition coefficient (Wildman–Crippen LogP) is 2.14. The molecule has 0 saturated carbocycles. The minimum atomic E-state index is -4.63. The molecule has 0 spiro atoms. The first kappa shape index (κ1) is 23.0. The summed E-state index contributed by atoms with van der Waals surface area (Å²) in [5.74, 6) is -2.24. The zero-order valence-corrected chi connectivity index (χ0v) is 17.6. The number of hydrogen-bond acceptors (Lipinski definition) is 6. The Labute approximate surface area is 197 Å². The van der Waals surface area contributed by atoms with Gasteiger partial charge in [-0.05, 0) is 18.2 Å². The fraction of sp³-hybridized carbons (Fsp3) is 0.190. The molecule has 8 nitrogen and oxygen atoms in total. The highest BCUT2D eigenvalue weighted by Gasteiger charge is 2.42. The number of nitrogens with two attached hydrogens (primary N) is 1. The normalized spacial score (nSPS) is 15.9.